The van der Waals surface area contributed by atoms with E-state index in [1.807, 2.05) is 24.3 Å². The fourth-order valence-corrected chi connectivity index (χ4v) is 6.80. The summed E-state index contributed by atoms with van der Waals surface area (Å²) in [7, 11) is 0. The van der Waals surface area contributed by atoms with Crippen LogP contribution in [0.2, 0.25) is 0 Å². The minimum Gasteiger partial charge on any atom is -0.426 e. The largest absolute Gasteiger partial charge is 0.426 e. The maximum absolute atomic E-state index is 12.8. The summed E-state index contributed by atoms with van der Waals surface area (Å²) >= 11 is 1.80. The molecule has 208 valence electrons. The van der Waals surface area contributed by atoms with Crippen LogP contribution in [0, 0.1) is 11.8 Å². The van der Waals surface area contributed by atoms with Gasteiger partial charge in [-0.05, 0) is 68.7 Å². The van der Waals surface area contributed by atoms with E-state index in [2.05, 4.69) is 30.6 Å². The number of ether oxygens (including phenoxy) is 1. The predicted octanol–water partition coefficient (Wildman–Crippen LogP) is 10.0. The summed E-state index contributed by atoms with van der Waals surface area (Å²) in [6.07, 6.45) is 25.8. The summed E-state index contributed by atoms with van der Waals surface area (Å²) in [4.78, 5) is 20.1. The van der Waals surface area contributed by atoms with Gasteiger partial charge in [-0.1, -0.05) is 84.5 Å². The molecule has 1 aliphatic carbocycles. The van der Waals surface area contributed by atoms with Crippen molar-refractivity contribution in [3.8, 4) is 17.0 Å². The van der Waals surface area contributed by atoms with Crippen LogP contribution in [0.15, 0.2) is 36.7 Å². The average molecular weight is 537 g/mol. The van der Waals surface area contributed by atoms with Crippen molar-refractivity contribution >= 4 is 22.3 Å². The lowest BCUT2D eigenvalue weighted by Crippen LogP contribution is -2.25. The Bertz CT molecular complexity index is 1060. The van der Waals surface area contributed by atoms with Gasteiger partial charge in [-0.15, -0.1) is 11.3 Å². The zero-order valence-electron chi connectivity index (χ0n) is 23.8. The van der Waals surface area contributed by atoms with Crippen LogP contribution in [0.25, 0.3) is 16.2 Å². The molecule has 0 radical (unpaired) electrons. The zero-order valence-corrected chi connectivity index (χ0v) is 24.6. The number of thiazole rings is 1. The zero-order chi connectivity index (χ0) is 26.6. The van der Waals surface area contributed by atoms with Gasteiger partial charge in [0.05, 0.1) is 11.6 Å². The molecule has 0 atom stereocenters. The third kappa shape index (κ3) is 8.69. The third-order valence-corrected chi connectivity index (χ3v) is 9.30. The van der Waals surface area contributed by atoms with Gasteiger partial charge in [0, 0.05) is 22.8 Å². The minimum absolute atomic E-state index is 0.0523. The van der Waals surface area contributed by atoms with Gasteiger partial charge >= 0.3 is 5.97 Å². The Kier molecular flexibility index (Phi) is 11.7. The normalized spacial score (nSPS) is 17.7. The predicted molar refractivity (Wildman–Crippen MR) is 160 cm³/mol. The van der Waals surface area contributed by atoms with E-state index in [4.69, 9.17) is 9.72 Å². The molecule has 0 saturated heterocycles. The van der Waals surface area contributed by atoms with Gasteiger partial charge in [0.1, 0.15) is 5.75 Å². The molecule has 4 nitrogen and oxygen atoms in total. The van der Waals surface area contributed by atoms with E-state index < -0.39 is 0 Å². The summed E-state index contributed by atoms with van der Waals surface area (Å²) in [5.41, 5.74) is 2.02. The topological polar surface area (TPSA) is 43.6 Å². The third-order valence-electron chi connectivity index (χ3n) is 8.25. The molecule has 1 saturated carbocycles. The Morgan fingerprint density at radius 1 is 0.868 bits per heavy atom. The number of aryl methyl sites for hydroxylation is 1. The van der Waals surface area contributed by atoms with Crippen LogP contribution in [0.5, 0.6) is 5.75 Å². The van der Waals surface area contributed by atoms with Crippen LogP contribution in [0.4, 0.5) is 0 Å². The molecule has 0 N–H and O–H groups in total. The van der Waals surface area contributed by atoms with Gasteiger partial charge in [0.15, 0.2) is 4.96 Å². The highest BCUT2D eigenvalue weighted by atomic mass is 32.1. The summed E-state index contributed by atoms with van der Waals surface area (Å²) in [5.74, 6) is 1.44. The van der Waals surface area contributed by atoms with E-state index in [1.165, 1.54) is 94.8 Å². The average Bonchev–Trinajstić information content (AvgIpc) is 3.50. The van der Waals surface area contributed by atoms with Gasteiger partial charge in [-0.25, -0.2) is 4.98 Å². The molecular formula is C33H48N2O2S. The Hall–Kier alpha value is -2.14. The van der Waals surface area contributed by atoms with Crippen molar-refractivity contribution in [1.29, 1.82) is 0 Å². The fourth-order valence-electron chi connectivity index (χ4n) is 5.79. The second-order valence-corrected chi connectivity index (χ2v) is 12.5. The lowest BCUT2D eigenvalue weighted by atomic mass is 9.80. The second kappa shape index (κ2) is 15.5. The molecule has 0 aliphatic heterocycles. The van der Waals surface area contributed by atoms with Crippen LogP contribution in [-0.2, 0) is 11.2 Å². The molecule has 3 aromatic rings. The Balaban J connectivity index is 1.20. The van der Waals surface area contributed by atoms with Crippen molar-refractivity contribution in [3.63, 3.8) is 0 Å². The molecule has 1 fully saturated rings. The summed E-state index contributed by atoms with van der Waals surface area (Å²) < 4.78 is 7.93. The number of carbonyl (C=O) groups is 1. The molecular weight excluding hydrogens is 488 g/mol. The van der Waals surface area contributed by atoms with Crippen LogP contribution >= 0.6 is 11.3 Å². The van der Waals surface area contributed by atoms with Crippen molar-refractivity contribution in [2.24, 2.45) is 11.8 Å². The van der Waals surface area contributed by atoms with Crippen molar-refractivity contribution in [2.75, 3.05) is 0 Å². The highest BCUT2D eigenvalue weighted by Gasteiger charge is 2.27. The number of fused-ring (bicyclic) bond motifs is 1. The first-order chi connectivity index (χ1) is 18.7. The summed E-state index contributed by atoms with van der Waals surface area (Å²) in [6.45, 7) is 4.53. The van der Waals surface area contributed by atoms with E-state index in [0.717, 1.165) is 41.4 Å². The molecule has 2 heterocycles. The van der Waals surface area contributed by atoms with Crippen LogP contribution < -0.4 is 4.74 Å². The molecule has 0 bridgehead atoms. The van der Waals surface area contributed by atoms with E-state index in [9.17, 15) is 4.79 Å². The molecule has 4 rings (SSSR count). The van der Waals surface area contributed by atoms with Gasteiger partial charge in [-0.2, -0.15) is 0 Å². The van der Waals surface area contributed by atoms with Crippen LogP contribution in [0.1, 0.15) is 121 Å². The van der Waals surface area contributed by atoms with E-state index in [-0.39, 0.29) is 11.9 Å². The number of hydrogen-bond donors (Lipinski definition) is 0. The first-order valence-corrected chi connectivity index (χ1v) is 16.3. The monoisotopic (exact) mass is 536 g/mol. The molecule has 38 heavy (non-hydrogen) atoms. The summed E-state index contributed by atoms with van der Waals surface area (Å²) in [6, 6.07) is 7.85. The quantitative estimate of drug-likeness (QED) is 0.104. The van der Waals surface area contributed by atoms with E-state index in [0.29, 0.717) is 5.75 Å². The number of carbonyl (C=O) groups excluding carboxylic acids is 1. The summed E-state index contributed by atoms with van der Waals surface area (Å²) in [5, 5.41) is 0. The number of benzene rings is 1. The number of aromatic nitrogens is 2. The fraction of sp³-hybridized carbons (Fsp3) is 0.636. The number of rotatable bonds is 16. The standard InChI is InChI=1S/C33H48N2O2S/c1-3-5-7-9-11-13-15-30-24-35-25-31(34-33(35)38-30)27-20-22-29(23-21-27)37-32(36)28-18-16-26(17-19-28)14-12-10-8-6-4-2/h20-26,28H,3-19H2,1-2H3. The van der Waals surface area contributed by atoms with Crippen LogP contribution in [-0.4, -0.2) is 15.4 Å². The van der Waals surface area contributed by atoms with Crippen molar-refractivity contribution < 1.29 is 9.53 Å². The maximum atomic E-state index is 12.8. The Labute approximate surface area is 234 Å². The highest BCUT2D eigenvalue weighted by Crippen LogP contribution is 2.33. The molecule has 0 amide bonds. The van der Waals surface area contributed by atoms with Crippen molar-refractivity contribution in [2.45, 2.75) is 123 Å². The first-order valence-electron chi connectivity index (χ1n) is 15.5. The Morgan fingerprint density at radius 2 is 1.53 bits per heavy atom. The highest BCUT2D eigenvalue weighted by molar-refractivity contribution is 7.17. The maximum Gasteiger partial charge on any atom is 0.314 e. The molecule has 5 heteroatoms. The van der Waals surface area contributed by atoms with E-state index in [1.54, 1.807) is 11.3 Å². The number of nitrogens with zero attached hydrogens (tertiary/aromatic N) is 2. The lowest BCUT2D eigenvalue weighted by Gasteiger charge is -2.27. The van der Waals surface area contributed by atoms with Crippen molar-refractivity contribution in [1.82, 2.24) is 9.38 Å². The number of esters is 1. The smallest absolute Gasteiger partial charge is 0.314 e. The van der Waals surface area contributed by atoms with Gasteiger partial charge in [0.2, 0.25) is 0 Å². The number of imidazole rings is 1. The number of hydrogen-bond acceptors (Lipinski definition) is 4. The molecule has 0 unspecified atom stereocenters. The van der Waals surface area contributed by atoms with Gasteiger partial charge < -0.3 is 4.74 Å². The van der Waals surface area contributed by atoms with Crippen molar-refractivity contribution in [3.05, 3.63) is 41.5 Å². The minimum atomic E-state index is -0.0560. The molecule has 2 aromatic heterocycles. The molecule has 1 aliphatic rings. The SMILES string of the molecule is CCCCCCCCc1cn2cc(-c3ccc(OC(=O)C4CCC(CCCCCCC)CC4)cc3)nc2s1. The first kappa shape index (κ1) is 28.9. The Morgan fingerprint density at radius 3 is 2.21 bits per heavy atom. The molecule has 1 aromatic carbocycles. The molecule has 0 spiro atoms. The lowest BCUT2D eigenvalue weighted by molar-refractivity contribution is -0.140. The second-order valence-electron chi connectivity index (χ2n) is 11.4. The van der Waals surface area contributed by atoms with Gasteiger partial charge in [0.25, 0.3) is 0 Å². The van der Waals surface area contributed by atoms with Gasteiger partial charge in [-0.3, -0.25) is 9.20 Å². The van der Waals surface area contributed by atoms with E-state index >= 15 is 0 Å². The van der Waals surface area contributed by atoms with Crippen LogP contribution in [0.3, 0.4) is 0 Å². The number of unbranched alkanes of at least 4 members (excludes halogenated alkanes) is 9.